The zero-order valence-electron chi connectivity index (χ0n) is 45.6. The van der Waals surface area contributed by atoms with E-state index in [1.807, 2.05) is 90.6 Å². The van der Waals surface area contributed by atoms with Crippen molar-refractivity contribution in [3.63, 3.8) is 0 Å². The van der Waals surface area contributed by atoms with Crippen LogP contribution in [0.25, 0.3) is 0 Å². The zero-order valence-corrected chi connectivity index (χ0v) is 45.6. The summed E-state index contributed by atoms with van der Waals surface area (Å²) in [5, 5.41) is 22.7. The van der Waals surface area contributed by atoms with Crippen LogP contribution in [-0.2, 0) is 54.3 Å². The van der Waals surface area contributed by atoms with Gasteiger partial charge in [0, 0.05) is 47.1 Å². The minimum Gasteiger partial charge on any atom is -0.475 e. The Kier molecular flexibility index (Phi) is 28.5. The van der Waals surface area contributed by atoms with E-state index in [0.29, 0.717) is 31.6 Å². The summed E-state index contributed by atoms with van der Waals surface area (Å²) < 4.78 is 75.5. The van der Waals surface area contributed by atoms with Crippen LogP contribution in [0.15, 0.2) is 24.3 Å². The van der Waals surface area contributed by atoms with Crippen molar-refractivity contribution in [1.82, 2.24) is 30.2 Å². The lowest BCUT2D eigenvalue weighted by Gasteiger charge is -2.41. The van der Waals surface area contributed by atoms with E-state index < -0.39 is 78.0 Å². The number of alkyl halides is 6. The standard InChI is InChI=1S/C45H78N8O8.2C2HF3O2/c1-16-28(4)38(52(13)43(58)37(27(2)3)49-44(59)45(8,9)50(10)11)35(60-14)26-36(54)53-23-18-21-34(53)39(61-15)29(5)42(57)51(12)24-22-32-19-17-20-33(25-32)48-41(56)31(7)47-40(55)30(6)46;2*3-2(4,5)1(6)7/h17,19-20,25,27-31,34-35,37-39H,16,18,21-24,26,46H2,1-15H3,(H,47,55)(H,48,56)(H,49,59);2*(H,6,7)/t28-,29+,30-,31-,34-,35+,37-,38-,39+;;/m0../s1. The molecule has 0 bridgehead atoms. The van der Waals surface area contributed by atoms with Gasteiger partial charge in [-0.1, -0.05) is 53.2 Å². The fourth-order valence-corrected chi connectivity index (χ4v) is 7.77. The van der Waals surface area contributed by atoms with Crippen molar-refractivity contribution in [3.05, 3.63) is 29.8 Å². The normalized spacial score (nSPS) is 17.0. The van der Waals surface area contributed by atoms with Gasteiger partial charge in [-0.05, 0) is 90.6 Å². The molecule has 1 fully saturated rings. The Morgan fingerprint density at radius 3 is 1.80 bits per heavy atom. The fourth-order valence-electron chi connectivity index (χ4n) is 7.77. The Morgan fingerprint density at radius 2 is 1.36 bits per heavy atom. The quantitative estimate of drug-likeness (QED) is 0.0842. The van der Waals surface area contributed by atoms with Crippen LogP contribution in [0.4, 0.5) is 32.0 Å². The number of benzene rings is 1. The van der Waals surface area contributed by atoms with Crippen molar-refractivity contribution in [2.45, 2.75) is 155 Å². The molecule has 1 saturated heterocycles. The van der Waals surface area contributed by atoms with Gasteiger partial charge in [0.25, 0.3) is 0 Å². The lowest BCUT2D eigenvalue weighted by Crippen LogP contribution is -2.61. The molecule has 0 spiro atoms. The number of halogens is 6. The minimum absolute atomic E-state index is 0.0185. The molecule has 430 valence electrons. The van der Waals surface area contributed by atoms with Crippen LogP contribution in [0.2, 0.25) is 0 Å². The molecule has 6 amide bonds. The fraction of sp³-hybridized carbons (Fsp3) is 0.714. The second-order valence-corrected chi connectivity index (χ2v) is 19.6. The molecular weight excluding hydrogens is 1010 g/mol. The van der Waals surface area contributed by atoms with E-state index >= 15 is 0 Å². The highest BCUT2D eigenvalue weighted by Gasteiger charge is 2.44. The van der Waals surface area contributed by atoms with Crippen LogP contribution in [-0.4, -0.2) is 193 Å². The van der Waals surface area contributed by atoms with E-state index in [0.717, 1.165) is 18.4 Å². The summed E-state index contributed by atoms with van der Waals surface area (Å²) in [6.45, 7) is 17.4. The lowest BCUT2D eigenvalue weighted by molar-refractivity contribution is -0.193. The number of amides is 6. The molecule has 1 aliphatic heterocycles. The van der Waals surface area contributed by atoms with Crippen LogP contribution < -0.4 is 21.7 Å². The first-order valence-electron chi connectivity index (χ1n) is 24.2. The Hall–Kier alpha value is -5.60. The van der Waals surface area contributed by atoms with Crippen LogP contribution in [0, 0.1) is 17.8 Å². The summed E-state index contributed by atoms with van der Waals surface area (Å²) in [6, 6.07) is 4.22. The number of carboxylic acids is 2. The van der Waals surface area contributed by atoms with Crippen molar-refractivity contribution in [2.75, 3.05) is 60.8 Å². The third kappa shape index (κ3) is 21.9. The molecule has 75 heavy (non-hydrogen) atoms. The molecule has 1 aromatic carbocycles. The van der Waals surface area contributed by atoms with E-state index in [9.17, 15) is 55.1 Å². The first-order valence-corrected chi connectivity index (χ1v) is 24.2. The monoisotopic (exact) mass is 1090 g/mol. The Balaban J connectivity index is 0.00000341. The molecule has 1 heterocycles. The number of nitrogens with two attached hydrogens (primary N) is 1. The predicted molar refractivity (Wildman–Crippen MR) is 266 cm³/mol. The van der Waals surface area contributed by atoms with Crippen molar-refractivity contribution in [1.29, 1.82) is 0 Å². The second kappa shape index (κ2) is 30.8. The number of nitrogens with one attached hydrogen (secondary N) is 3. The molecule has 0 saturated carbocycles. The summed E-state index contributed by atoms with van der Waals surface area (Å²) in [5.74, 6) is -7.88. The molecule has 2 rings (SSSR count). The lowest BCUT2D eigenvalue weighted by atomic mass is 9.89. The Labute approximate surface area is 435 Å². The molecule has 1 aromatic rings. The highest BCUT2D eigenvalue weighted by Crippen LogP contribution is 2.30. The first-order chi connectivity index (χ1) is 34.3. The molecule has 0 unspecified atom stereocenters. The van der Waals surface area contributed by atoms with Gasteiger partial charge in [-0.2, -0.15) is 26.3 Å². The number of aliphatic carboxylic acids is 2. The number of carbonyl (C=O) groups is 8. The number of ether oxygens (including phenoxy) is 2. The molecule has 0 radical (unpaired) electrons. The van der Waals surface area contributed by atoms with Crippen molar-refractivity contribution in [2.24, 2.45) is 23.5 Å². The minimum atomic E-state index is -5.08. The molecular formula is C49H80F6N8O12. The van der Waals surface area contributed by atoms with Crippen LogP contribution in [0.5, 0.6) is 0 Å². The number of anilines is 1. The largest absolute Gasteiger partial charge is 0.490 e. The average Bonchev–Trinajstić information content (AvgIpc) is 3.81. The van der Waals surface area contributed by atoms with Gasteiger partial charge >= 0.3 is 24.3 Å². The molecule has 7 N–H and O–H groups in total. The summed E-state index contributed by atoms with van der Waals surface area (Å²) in [7, 11) is 10.2. The molecule has 0 aliphatic carbocycles. The van der Waals surface area contributed by atoms with Crippen LogP contribution >= 0.6 is 0 Å². The number of nitrogens with zero attached hydrogens (tertiary/aromatic N) is 4. The Bertz CT molecular complexity index is 2030. The number of likely N-dealkylation sites (N-methyl/N-ethyl adjacent to an activating group) is 3. The van der Waals surface area contributed by atoms with Crippen molar-refractivity contribution >= 4 is 53.1 Å². The maximum absolute atomic E-state index is 14.3. The summed E-state index contributed by atoms with van der Waals surface area (Å²) in [4.78, 5) is 105. The van der Waals surface area contributed by atoms with Gasteiger partial charge in [0.2, 0.25) is 35.4 Å². The maximum Gasteiger partial charge on any atom is 0.490 e. The highest BCUT2D eigenvalue weighted by atomic mass is 19.4. The number of carboxylic acid groups (broad SMARTS) is 2. The van der Waals surface area contributed by atoms with Crippen LogP contribution in [0.3, 0.4) is 0 Å². The van der Waals surface area contributed by atoms with Gasteiger partial charge in [-0.25, -0.2) is 9.59 Å². The maximum atomic E-state index is 14.3. The topological polar surface area (TPSA) is 271 Å². The van der Waals surface area contributed by atoms with Gasteiger partial charge in [0.1, 0.15) is 12.1 Å². The molecule has 20 nitrogen and oxygen atoms in total. The molecule has 9 atom stereocenters. The highest BCUT2D eigenvalue weighted by molar-refractivity contribution is 5.97. The number of rotatable bonds is 23. The van der Waals surface area contributed by atoms with Crippen molar-refractivity contribution < 1.29 is 84.4 Å². The van der Waals surface area contributed by atoms with E-state index in [1.54, 1.807) is 58.0 Å². The van der Waals surface area contributed by atoms with Gasteiger partial charge < -0.3 is 56.1 Å². The van der Waals surface area contributed by atoms with Gasteiger partial charge in [-0.3, -0.25) is 33.7 Å². The number of likely N-dealkylation sites (tertiary alicyclic amines) is 1. The molecule has 0 aromatic heterocycles. The van der Waals surface area contributed by atoms with Crippen molar-refractivity contribution in [3.8, 4) is 0 Å². The first kappa shape index (κ1) is 69.4. The molecule has 1 aliphatic rings. The third-order valence-corrected chi connectivity index (χ3v) is 13.1. The number of methoxy groups -OCH3 is 2. The summed E-state index contributed by atoms with van der Waals surface area (Å²) in [6.07, 6.45) is -8.69. The number of hydrogen-bond acceptors (Lipinski definition) is 12. The zero-order chi connectivity index (χ0) is 58.7. The van der Waals surface area contributed by atoms with Gasteiger partial charge in [-0.15, -0.1) is 0 Å². The van der Waals surface area contributed by atoms with Gasteiger partial charge in [0.15, 0.2) is 0 Å². The number of carbonyl (C=O) groups excluding carboxylic acids is 6. The van der Waals surface area contributed by atoms with Crippen LogP contribution in [0.1, 0.15) is 93.6 Å². The smallest absolute Gasteiger partial charge is 0.475 e. The summed E-state index contributed by atoms with van der Waals surface area (Å²) >= 11 is 0. The average molecular weight is 1090 g/mol. The predicted octanol–water partition coefficient (Wildman–Crippen LogP) is 4.15. The summed E-state index contributed by atoms with van der Waals surface area (Å²) in [5.41, 5.74) is 6.23. The second-order valence-electron chi connectivity index (χ2n) is 19.6. The number of hydrogen-bond donors (Lipinski definition) is 6. The van der Waals surface area contributed by atoms with Gasteiger partial charge in [0.05, 0.1) is 48.2 Å². The molecule has 26 heteroatoms. The SMILES string of the molecule is CC[C@H](C)[C@@H]([C@@H](CC(=O)N1CCC[C@H]1[C@H](OC)[C@@H](C)C(=O)N(C)CCc1cccc(NC(=O)[C@H](C)NC(=O)[C@H](C)N)c1)OC)N(C)C(=O)[C@@H](NC(=O)C(C)(C)N(C)C)C(C)C.O=C(O)C(F)(F)F.O=C(O)C(F)(F)F. The third-order valence-electron chi connectivity index (χ3n) is 13.1. The van der Waals surface area contributed by atoms with E-state index in [4.69, 9.17) is 35.0 Å². The van der Waals surface area contributed by atoms with E-state index in [2.05, 4.69) is 16.0 Å². The van der Waals surface area contributed by atoms with E-state index in [1.165, 1.54) is 0 Å². The van der Waals surface area contributed by atoms with E-state index in [-0.39, 0.29) is 53.8 Å². The Morgan fingerprint density at radius 1 is 0.827 bits per heavy atom.